The van der Waals surface area contributed by atoms with Crippen LogP contribution in [0.5, 0.6) is 0 Å². The second-order valence-corrected chi connectivity index (χ2v) is 6.17. The van der Waals surface area contributed by atoms with Gasteiger partial charge in [-0.25, -0.2) is 4.98 Å². The van der Waals surface area contributed by atoms with Crippen LogP contribution >= 0.6 is 0 Å². The maximum Gasteiger partial charge on any atom is 0.268 e. The van der Waals surface area contributed by atoms with Crippen LogP contribution in [0.1, 0.15) is 36.7 Å². The fourth-order valence-electron chi connectivity index (χ4n) is 3.57. The summed E-state index contributed by atoms with van der Waals surface area (Å²) in [5.41, 5.74) is 12.2. The van der Waals surface area contributed by atoms with E-state index in [9.17, 15) is 4.79 Å². The highest BCUT2D eigenvalue weighted by Gasteiger charge is 2.34. The molecule has 2 fully saturated rings. The van der Waals surface area contributed by atoms with Gasteiger partial charge in [-0.2, -0.15) is 0 Å². The second kappa shape index (κ2) is 6.58. The number of amides is 1. The van der Waals surface area contributed by atoms with E-state index in [0.29, 0.717) is 12.0 Å². The van der Waals surface area contributed by atoms with Gasteiger partial charge in [-0.1, -0.05) is 13.3 Å². The molecule has 2 aliphatic rings. The zero-order chi connectivity index (χ0) is 15.5. The summed E-state index contributed by atoms with van der Waals surface area (Å²) in [4.78, 5) is 21.8. The molecule has 0 saturated carbocycles. The summed E-state index contributed by atoms with van der Waals surface area (Å²) in [5.74, 6) is 1.62. The highest BCUT2D eigenvalue weighted by Crippen LogP contribution is 2.29. The molecule has 7 nitrogen and oxygen atoms in total. The largest absolute Gasteiger partial charge is 0.364 e. The lowest BCUT2D eigenvalue weighted by molar-refractivity contribution is 0.0995. The Morgan fingerprint density at radius 3 is 2.86 bits per heavy atom. The van der Waals surface area contributed by atoms with Crippen LogP contribution in [-0.2, 0) is 0 Å². The molecule has 1 aromatic heterocycles. The van der Waals surface area contributed by atoms with E-state index in [1.807, 2.05) is 0 Å². The number of carbonyl (C=O) groups excluding carboxylic acids is 1. The second-order valence-electron chi connectivity index (χ2n) is 6.17. The first kappa shape index (κ1) is 15.2. The number of hydrazine groups is 1. The number of aromatic nitrogens is 2. The van der Waals surface area contributed by atoms with E-state index >= 15 is 0 Å². The monoisotopic (exact) mass is 304 g/mol. The molecule has 2 atom stereocenters. The SMILES string of the molecule is CCC1CNNC1C1CCN(c2cncc(C(N)=O)n2)CC1. The average Bonchev–Trinajstić information content (AvgIpc) is 3.04. The third-order valence-electron chi connectivity index (χ3n) is 4.91. The van der Waals surface area contributed by atoms with Crippen molar-refractivity contribution in [2.24, 2.45) is 17.6 Å². The molecule has 4 N–H and O–H groups in total. The number of hydrogen-bond acceptors (Lipinski definition) is 6. The molecule has 22 heavy (non-hydrogen) atoms. The minimum Gasteiger partial charge on any atom is -0.364 e. The van der Waals surface area contributed by atoms with Crippen LogP contribution in [0.3, 0.4) is 0 Å². The van der Waals surface area contributed by atoms with Crippen LogP contribution in [0.15, 0.2) is 12.4 Å². The minimum absolute atomic E-state index is 0.229. The van der Waals surface area contributed by atoms with Crippen LogP contribution in [0, 0.1) is 11.8 Å². The Labute approximate surface area is 130 Å². The van der Waals surface area contributed by atoms with E-state index in [2.05, 4.69) is 32.6 Å². The number of carbonyl (C=O) groups is 1. The number of nitrogens with two attached hydrogens (primary N) is 1. The van der Waals surface area contributed by atoms with Crippen molar-refractivity contribution >= 4 is 11.7 Å². The fraction of sp³-hybridized carbons (Fsp3) is 0.667. The zero-order valence-electron chi connectivity index (χ0n) is 13.0. The molecule has 0 radical (unpaired) electrons. The number of rotatable bonds is 4. The predicted octanol–water partition coefficient (Wildman–Crippen LogP) is 0.295. The van der Waals surface area contributed by atoms with Gasteiger partial charge in [-0.15, -0.1) is 0 Å². The number of anilines is 1. The van der Waals surface area contributed by atoms with Crippen LogP contribution in [0.2, 0.25) is 0 Å². The molecule has 7 heteroatoms. The van der Waals surface area contributed by atoms with Crippen LogP contribution in [-0.4, -0.2) is 41.6 Å². The van der Waals surface area contributed by atoms with Crippen molar-refractivity contribution in [2.75, 3.05) is 24.5 Å². The normalized spacial score (nSPS) is 26.3. The highest BCUT2D eigenvalue weighted by atomic mass is 16.1. The summed E-state index contributed by atoms with van der Waals surface area (Å²) in [5, 5.41) is 0. The van der Waals surface area contributed by atoms with Gasteiger partial charge in [0.1, 0.15) is 11.5 Å². The Morgan fingerprint density at radius 1 is 1.41 bits per heavy atom. The van der Waals surface area contributed by atoms with Gasteiger partial charge < -0.3 is 10.6 Å². The standard InChI is InChI=1S/C15H24N6O/c1-2-10-7-18-20-14(10)11-3-5-21(6-4-11)13-9-17-8-12(19-13)15(16)22/h8-11,14,18,20H,2-7H2,1H3,(H2,16,22). The van der Waals surface area contributed by atoms with Gasteiger partial charge in [0.05, 0.1) is 12.4 Å². The first-order valence-electron chi connectivity index (χ1n) is 8.04. The molecule has 2 saturated heterocycles. The Balaban J connectivity index is 1.62. The van der Waals surface area contributed by atoms with Gasteiger partial charge in [0, 0.05) is 25.7 Å². The molecule has 2 aliphatic heterocycles. The average molecular weight is 304 g/mol. The lowest BCUT2D eigenvalue weighted by Crippen LogP contribution is -2.44. The number of nitrogens with one attached hydrogen (secondary N) is 2. The minimum atomic E-state index is -0.531. The summed E-state index contributed by atoms with van der Waals surface area (Å²) in [7, 11) is 0. The molecule has 3 rings (SSSR count). The van der Waals surface area contributed by atoms with Gasteiger partial charge >= 0.3 is 0 Å². The Morgan fingerprint density at radius 2 is 2.18 bits per heavy atom. The fourth-order valence-corrected chi connectivity index (χ4v) is 3.57. The molecule has 1 amide bonds. The first-order valence-corrected chi connectivity index (χ1v) is 8.04. The van der Waals surface area contributed by atoms with E-state index in [1.165, 1.54) is 12.6 Å². The van der Waals surface area contributed by atoms with Crippen molar-refractivity contribution in [1.29, 1.82) is 0 Å². The van der Waals surface area contributed by atoms with Crippen molar-refractivity contribution in [1.82, 2.24) is 20.8 Å². The van der Waals surface area contributed by atoms with E-state index in [1.54, 1.807) is 6.20 Å². The molecule has 0 bridgehead atoms. The van der Waals surface area contributed by atoms with Gasteiger partial charge in [0.2, 0.25) is 0 Å². The van der Waals surface area contributed by atoms with Crippen molar-refractivity contribution in [3.63, 3.8) is 0 Å². The summed E-state index contributed by atoms with van der Waals surface area (Å²) in [6.07, 6.45) is 6.57. The molecular formula is C15H24N6O. The quantitative estimate of drug-likeness (QED) is 0.740. The van der Waals surface area contributed by atoms with E-state index < -0.39 is 5.91 Å². The number of hydrogen-bond donors (Lipinski definition) is 3. The summed E-state index contributed by atoms with van der Waals surface area (Å²) >= 11 is 0. The van der Waals surface area contributed by atoms with Crippen molar-refractivity contribution in [2.45, 2.75) is 32.2 Å². The summed E-state index contributed by atoms with van der Waals surface area (Å²) in [6.45, 7) is 5.20. The summed E-state index contributed by atoms with van der Waals surface area (Å²) < 4.78 is 0. The molecule has 0 aliphatic carbocycles. The van der Waals surface area contributed by atoms with Crippen molar-refractivity contribution in [3.05, 3.63) is 18.1 Å². The van der Waals surface area contributed by atoms with Gasteiger partial charge in [0.25, 0.3) is 5.91 Å². The summed E-state index contributed by atoms with van der Waals surface area (Å²) in [6, 6.07) is 0.565. The topological polar surface area (TPSA) is 96.2 Å². The van der Waals surface area contributed by atoms with Crippen LogP contribution in [0.25, 0.3) is 0 Å². The molecule has 0 aromatic carbocycles. The Kier molecular flexibility index (Phi) is 4.54. The van der Waals surface area contributed by atoms with Crippen molar-refractivity contribution < 1.29 is 4.79 Å². The van der Waals surface area contributed by atoms with Crippen LogP contribution in [0.4, 0.5) is 5.82 Å². The van der Waals surface area contributed by atoms with Gasteiger partial charge in [0.15, 0.2) is 0 Å². The van der Waals surface area contributed by atoms with Crippen LogP contribution < -0.4 is 21.5 Å². The molecule has 3 heterocycles. The maximum atomic E-state index is 11.2. The third-order valence-corrected chi connectivity index (χ3v) is 4.91. The van der Waals surface area contributed by atoms with E-state index in [0.717, 1.165) is 44.2 Å². The highest BCUT2D eigenvalue weighted by molar-refractivity contribution is 5.90. The molecule has 1 aromatic rings. The molecule has 120 valence electrons. The Hall–Kier alpha value is -1.73. The van der Waals surface area contributed by atoms with E-state index in [4.69, 9.17) is 5.73 Å². The lowest BCUT2D eigenvalue weighted by Gasteiger charge is -2.36. The van der Waals surface area contributed by atoms with Gasteiger partial charge in [-0.05, 0) is 24.7 Å². The smallest absolute Gasteiger partial charge is 0.268 e. The number of nitrogens with zero attached hydrogens (tertiary/aromatic N) is 3. The number of piperidine rings is 1. The van der Waals surface area contributed by atoms with Crippen molar-refractivity contribution in [3.8, 4) is 0 Å². The number of primary amides is 1. The van der Waals surface area contributed by atoms with E-state index in [-0.39, 0.29) is 5.69 Å². The third kappa shape index (κ3) is 3.05. The predicted molar refractivity (Wildman–Crippen MR) is 84.2 cm³/mol. The lowest BCUT2D eigenvalue weighted by atomic mass is 9.82. The first-order chi connectivity index (χ1) is 10.7. The Bertz CT molecular complexity index is 529. The molecule has 0 spiro atoms. The molecular weight excluding hydrogens is 280 g/mol. The molecule has 2 unspecified atom stereocenters. The maximum absolute atomic E-state index is 11.2. The zero-order valence-corrected chi connectivity index (χ0v) is 13.0. The van der Waals surface area contributed by atoms with Gasteiger partial charge in [-0.3, -0.25) is 20.6 Å².